The zero-order valence-electron chi connectivity index (χ0n) is 11.9. The highest BCUT2D eigenvalue weighted by Gasteiger charge is 2.22. The Labute approximate surface area is 140 Å². The van der Waals surface area contributed by atoms with Gasteiger partial charge in [0.1, 0.15) is 15.7 Å². The summed E-state index contributed by atoms with van der Waals surface area (Å²) in [5, 5.41) is 14.0. The number of hydrogen-bond donors (Lipinski definition) is 2. The molecule has 24 heavy (non-hydrogen) atoms. The second-order valence-electron chi connectivity index (χ2n) is 4.65. The van der Waals surface area contributed by atoms with Crippen LogP contribution in [0.4, 0.5) is 10.1 Å². The molecule has 1 aromatic carbocycles. The molecule has 10 heteroatoms. The van der Waals surface area contributed by atoms with Gasteiger partial charge in [-0.05, 0) is 24.3 Å². The highest BCUT2D eigenvalue weighted by atomic mass is 32.2. The van der Waals surface area contributed by atoms with E-state index in [1.54, 1.807) is 12.3 Å². The molecule has 2 heterocycles. The van der Waals surface area contributed by atoms with Crippen LogP contribution in [0.5, 0.6) is 0 Å². The average Bonchev–Trinajstić information content (AvgIpc) is 3.20. The van der Waals surface area contributed by atoms with E-state index in [-0.39, 0.29) is 21.1 Å². The van der Waals surface area contributed by atoms with E-state index >= 15 is 0 Å². The Kier molecular flexibility index (Phi) is 4.08. The molecular weight excluding hydrogens is 357 g/mol. The number of benzene rings is 1. The van der Waals surface area contributed by atoms with Gasteiger partial charge in [0.2, 0.25) is 0 Å². The van der Waals surface area contributed by atoms with Crippen LogP contribution in [0, 0.1) is 5.82 Å². The summed E-state index contributed by atoms with van der Waals surface area (Å²) in [6, 6.07) is 6.68. The van der Waals surface area contributed by atoms with Gasteiger partial charge in [0.25, 0.3) is 10.0 Å². The molecule has 0 unspecified atom stereocenters. The third-order valence-corrected chi connectivity index (χ3v) is 5.86. The highest BCUT2D eigenvalue weighted by molar-refractivity contribution is 7.94. The maximum Gasteiger partial charge on any atom is 0.336 e. The molecule has 0 amide bonds. The van der Waals surface area contributed by atoms with Crippen molar-refractivity contribution < 1.29 is 22.7 Å². The quantitative estimate of drug-likeness (QED) is 0.722. The Morgan fingerprint density at radius 1 is 1.33 bits per heavy atom. The number of nitrogens with one attached hydrogen (secondary N) is 1. The van der Waals surface area contributed by atoms with E-state index in [9.17, 15) is 17.6 Å². The topological polar surface area (TPSA) is 101 Å². The van der Waals surface area contributed by atoms with Crippen LogP contribution in [-0.2, 0) is 10.0 Å². The van der Waals surface area contributed by atoms with Crippen LogP contribution in [0.15, 0.2) is 52.3 Å². The monoisotopic (exact) mass is 367 g/mol. The van der Waals surface area contributed by atoms with E-state index in [1.165, 1.54) is 28.4 Å². The second kappa shape index (κ2) is 6.06. The minimum atomic E-state index is -4.14. The molecule has 0 bridgehead atoms. The smallest absolute Gasteiger partial charge is 0.336 e. The molecule has 3 aromatic rings. The van der Waals surface area contributed by atoms with Crippen molar-refractivity contribution in [3.8, 4) is 5.69 Å². The third kappa shape index (κ3) is 3.01. The molecule has 2 aromatic heterocycles. The fraction of sp³-hybridized carbons (Fsp3) is 0. The van der Waals surface area contributed by atoms with Crippen LogP contribution in [0.3, 0.4) is 0 Å². The second-order valence-corrected chi connectivity index (χ2v) is 7.47. The number of thiophene rings is 1. The summed E-state index contributed by atoms with van der Waals surface area (Å²) in [4.78, 5) is 10.9. The largest absolute Gasteiger partial charge is 0.478 e. The summed E-state index contributed by atoms with van der Waals surface area (Å²) < 4.78 is 42.3. The van der Waals surface area contributed by atoms with Crippen molar-refractivity contribution in [1.29, 1.82) is 0 Å². The molecule has 2 N–H and O–H groups in total. The first-order valence-corrected chi connectivity index (χ1v) is 8.88. The Balaban J connectivity index is 2.03. The van der Waals surface area contributed by atoms with E-state index < -0.39 is 21.8 Å². The van der Waals surface area contributed by atoms with Crippen molar-refractivity contribution >= 4 is 33.0 Å². The van der Waals surface area contributed by atoms with Gasteiger partial charge in [-0.15, -0.1) is 11.3 Å². The number of para-hydroxylation sites is 1. The number of halogens is 1. The number of rotatable bonds is 5. The molecular formula is C14H10FN3O4S2. The number of aromatic carboxylic acids is 1. The lowest BCUT2D eigenvalue weighted by atomic mass is 10.2. The lowest BCUT2D eigenvalue weighted by Crippen LogP contribution is -2.15. The Bertz CT molecular complexity index is 997. The number of carboxylic acid groups (broad SMARTS) is 1. The normalized spacial score (nSPS) is 11.4. The number of nitrogens with zero attached hydrogens (tertiary/aromatic N) is 2. The number of carbonyl (C=O) groups is 1. The van der Waals surface area contributed by atoms with Gasteiger partial charge in [0.05, 0.1) is 11.3 Å². The van der Waals surface area contributed by atoms with Gasteiger partial charge in [0.15, 0.2) is 0 Å². The Hall–Kier alpha value is -2.72. The van der Waals surface area contributed by atoms with Gasteiger partial charge in [0, 0.05) is 17.8 Å². The number of carboxylic acids is 1. The lowest BCUT2D eigenvalue weighted by molar-refractivity contribution is 0.0697. The molecule has 0 aliphatic carbocycles. The Morgan fingerprint density at radius 2 is 2.12 bits per heavy atom. The fourth-order valence-electron chi connectivity index (χ4n) is 1.97. The molecule has 0 atom stereocenters. The summed E-state index contributed by atoms with van der Waals surface area (Å²) >= 11 is 0.737. The van der Waals surface area contributed by atoms with E-state index in [4.69, 9.17) is 5.11 Å². The van der Waals surface area contributed by atoms with Gasteiger partial charge in [-0.2, -0.15) is 5.10 Å². The van der Waals surface area contributed by atoms with Crippen LogP contribution < -0.4 is 4.72 Å². The molecule has 0 fully saturated rings. The van der Waals surface area contributed by atoms with E-state index in [2.05, 4.69) is 9.82 Å². The maximum absolute atomic E-state index is 14.2. The summed E-state index contributed by atoms with van der Waals surface area (Å²) in [7, 11) is -4.14. The van der Waals surface area contributed by atoms with Crippen molar-refractivity contribution in [2.24, 2.45) is 0 Å². The molecule has 7 nitrogen and oxygen atoms in total. The standard InChI is InChI=1S/C14H10FN3O4S2/c15-10-3-1-4-11(18-6-2-5-16-18)13(10)17-24(21,22)12-7-9(8-23-12)14(19)20/h1-8,17H,(H,19,20). The molecule has 0 radical (unpaired) electrons. The number of sulfonamides is 1. The molecule has 0 saturated carbocycles. The molecule has 3 rings (SSSR count). The first-order chi connectivity index (χ1) is 11.4. The highest BCUT2D eigenvalue weighted by Crippen LogP contribution is 2.28. The maximum atomic E-state index is 14.2. The van der Waals surface area contributed by atoms with E-state index in [0.717, 1.165) is 23.5 Å². The van der Waals surface area contributed by atoms with Crippen molar-refractivity contribution in [3.05, 3.63) is 59.5 Å². The minimum Gasteiger partial charge on any atom is -0.478 e. The molecule has 124 valence electrons. The van der Waals surface area contributed by atoms with Gasteiger partial charge >= 0.3 is 5.97 Å². The SMILES string of the molecule is O=C(O)c1csc(S(=O)(=O)Nc2c(F)cccc2-n2cccn2)c1. The zero-order valence-corrected chi connectivity index (χ0v) is 13.5. The van der Waals surface area contributed by atoms with Gasteiger partial charge in [-0.25, -0.2) is 22.3 Å². The predicted octanol–water partition coefficient (Wildman–Crippen LogP) is 2.57. The van der Waals surface area contributed by atoms with Gasteiger partial charge in [-0.1, -0.05) is 6.07 Å². The van der Waals surface area contributed by atoms with E-state index in [1.807, 2.05) is 0 Å². The van der Waals surface area contributed by atoms with Crippen molar-refractivity contribution in [2.45, 2.75) is 4.21 Å². The van der Waals surface area contributed by atoms with Crippen molar-refractivity contribution in [2.75, 3.05) is 4.72 Å². The van der Waals surface area contributed by atoms with Crippen LogP contribution in [0.2, 0.25) is 0 Å². The van der Waals surface area contributed by atoms with Crippen molar-refractivity contribution in [3.63, 3.8) is 0 Å². The summed E-state index contributed by atoms with van der Waals surface area (Å²) in [5.41, 5.74) is -0.216. The van der Waals surface area contributed by atoms with E-state index in [0.29, 0.717) is 0 Å². The minimum absolute atomic E-state index is 0.152. The predicted molar refractivity (Wildman–Crippen MR) is 85.6 cm³/mol. The average molecular weight is 367 g/mol. The van der Waals surface area contributed by atoms with Gasteiger partial charge in [-0.3, -0.25) is 4.72 Å². The number of anilines is 1. The molecule has 0 aliphatic heterocycles. The molecule has 0 spiro atoms. The molecule has 0 aliphatic rings. The van der Waals surface area contributed by atoms with Crippen LogP contribution in [0.1, 0.15) is 10.4 Å². The first kappa shape index (κ1) is 16.1. The van der Waals surface area contributed by atoms with Crippen LogP contribution >= 0.6 is 11.3 Å². The Morgan fingerprint density at radius 3 is 2.75 bits per heavy atom. The number of hydrogen-bond acceptors (Lipinski definition) is 5. The number of aromatic nitrogens is 2. The molecule has 0 saturated heterocycles. The van der Waals surface area contributed by atoms with Crippen molar-refractivity contribution in [1.82, 2.24) is 9.78 Å². The summed E-state index contributed by atoms with van der Waals surface area (Å²) in [5.74, 6) is -2.02. The zero-order chi connectivity index (χ0) is 17.3. The first-order valence-electron chi connectivity index (χ1n) is 6.51. The fourth-order valence-corrected chi connectivity index (χ4v) is 4.21. The summed E-state index contributed by atoms with van der Waals surface area (Å²) in [6.07, 6.45) is 3.02. The van der Waals surface area contributed by atoms with Crippen LogP contribution in [-0.4, -0.2) is 29.3 Å². The summed E-state index contributed by atoms with van der Waals surface area (Å²) in [6.45, 7) is 0. The van der Waals surface area contributed by atoms with Gasteiger partial charge < -0.3 is 5.11 Å². The third-order valence-electron chi connectivity index (χ3n) is 3.07. The lowest BCUT2D eigenvalue weighted by Gasteiger charge is -2.12. The van der Waals surface area contributed by atoms with Crippen LogP contribution in [0.25, 0.3) is 5.69 Å².